The van der Waals surface area contributed by atoms with Crippen LogP contribution in [-0.4, -0.2) is 28.5 Å². The zero-order valence-electron chi connectivity index (χ0n) is 15.1. The summed E-state index contributed by atoms with van der Waals surface area (Å²) in [6.07, 6.45) is 1.79. The molecule has 27 heavy (non-hydrogen) atoms. The zero-order chi connectivity index (χ0) is 19.2. The summed E-state index contributed by atoms with van der Waals surface area (Å²) in [7, 11) is 0. The van der Waals surface area contributed by atoms with Gasteiger partial charge < -0.3 is 9.84 Å². The number of carbonyl (C=O) groups is 2. The van der Waals surface area contributed by atoms with Crippen LogP contribution in [0.1, 0.15) is 35.2 Å². The number of rotatable bonds is 7. The Balaban J connectivity index is 1.57. The largest absolute Gasteiger partial charge is 0.356 e. The van der Waals surface area contributed by atoms with E-state index in [1.165, 1.54) is 23.8 Å². The zero-order valence-corrected chi connectivity index (χ0v) is 15.9. The highest BCUT2D eigenvalue weighted by Crippen LogP contribution is 2.25. The van der Waals surface area contributed by atoms with Gasteiger partial charge in [-0.1, -0.05) is 29.4 Å². The molecule has 0 spiro atoms. The number of aryl methyl sites for hydroxylation is 2. The summed E-state index contributed by atoms with van der Waals surface area (Å²) in [4.78, 5) is 27.4. The Hall–Kier alpha value is -3.00. The number of hydrogen-bond acceptors (Lipinski definition) is 6. The molecule has 0 unspecified atom stereocenters. The standard InChI is InChI=1S/C19H20N4O3S/c1-12-10-17(26-23-12)18(25)22-19-21-16(11-27-19)15-7-5-14(6-8-15)4-3-9-20-13(2)24/h5-8,10-11H,3-4,9H2,1-2H3,(H,20,24)(H,21,22,25). The van der Waals surface area contributed by atoms with Gasteiger partial charge >= 0.3 is 0 Å². The van der Waals surface area contributed by atoms with Gasteiger partial charge in [0.2, 0.25) is 11.7 Å². The molecule has 3 aromatic rings. The van der Waals surface area contributed by atoms with Crippen molar-refractivity contribution in [3.05, 3.63) is 52.7 Å². The van der Waals surface area contributed by atoms with Crippen molar-refractivity contribution in [1.29, 1.82) is 0 Å². The Morgan fingerprint density at radius 1 is 1.22 bits per heavy atom. The number of aromatic nitrogens is 2. The number of carbonyl (C=O) groups excluding carboxylic acids is 2. The van der Waals surface area contributed by atoms with Gasteiger partial charge in [0.05, 0.1) is 11.4 Å². The van der Waals surface area contributed by atoms with E-state index < -0.39 is 0 Å². The maximum atomic E-state index is 12.1. The topological polar surface area (TPSA) is 97.1 Å². The number of amides is 2. The monoisotopic (exact) mass is 384 g/mol. The molecule has 2 aromatic heterocycles. The third-order valence-corrected chi connectivity index (χ3v) is 4.60. The van der Waals surface area contributed by atoms with Crippen LogP contribution in [0.25, 0.3) is 11.3 Å². The van der Waals surface area contributed by atoms with Gasteiger partial charge in [-0.05, 0) is 25.3 Å². The van der Waals surface area contributed by atoms with Gasteiger partial charge in [-0.3, -0.25) is 14.9 Å². The van der Waals surface area contributed by atoms with Gasteiger partial charge in [0.15, 0.2) is 5.13 Å². The first-order valence-corrected chi connectivity index (χ1v) is 9.43. The lowest BCUT2D eigenvalue weighted by Gasteiger charge is -2.04. The molecule has 2 N–H and O–H groups in total. The third kappa shape index (κ3) is 5.24. The molecule has 0 bridgehead atoms. The van der Waals surface area contributed by atoms with E-state index in [-0.39, 0.29) is 17.6 Å². The minimum atomic E-state index is -0.369. The van der Waals surface area contributed by atoms with Crippen LogP contribution >= 0.6 is 11.3 Å². The molecular weight excluding hydrogens is 364 g/mol. The molecule has 3 rings (SSSR count). The van der Waals surface area contributed by atoms with Gasteiger partial charge in [0.25, 0.3) is 5.91 Å². The number of nitrogens with zero attached hydrogens (tertiary/aromatic N) is 2. The van der Waals surface area contributed by atoms with E-state index in [1.54, 1.807) is 13.0 Å². The van der Waals surface area contributed by atoms with Crippen LogP contribution in [0, 0.1) is 6.92 Å². The SMILES string of the molecule is CC(=O)NCCCc1ccc(-c2csc(NC(=O)c3cc(C)no3)n2)cc1. The smallest absolute Gasteiger partial charge is 0.296 e. The fourth-order valence-corrected chi connectivity index (χ4v) is 3.21. The van der Waals surface area contributed by atoms with Crippen molar-refractivity contribution in [1.82, 2.24) is 15.5 Å². The molecule has 0 aliphatic rings. The highest BCUT2D eigenvalue weighted by molar-refractivity contribution is 7.14. The van der Waals surface area contributed by atoms with Crippen molar-refractivity contribution in [3.8, 4) is 11.3 Å². The fraction of sp³-hybridized carbons (Fsp3) is 0.263. The molecule has 0 saturated heterocycles. The molecule has 7 nitrogen and oxygen atoms in total. The predicted octanol–water partition coefficient (Wildman–Crippen LogP) is 3.43. The van der Waals surface area contributed by atoms with Crippen molar-refractivity contribution in [2.75, 3.05) is 11.9 Å². The summed E-state index contributed by atoms with van der Waals surface area (Å²) in [5.74, 6) is -0.214. The average Bonchev–Trinajstić information content (AvgIpc) is 3.28. The second-order valence-electron chi connectivity index (χ2n) is 6.11. The second-order valence-corrected chi connectivity index (χ2v) is 6.97. The molecule has 0 aliphatic carbocycles. The lowest BCUT2D eigenvalue weighted by molar-refractivity contribution is -0.118. The highest BCUT2D eigenvalue weighted by atomic mass is 32.1. The maximum Gasteiger partial charge on any atom is 0.296 e. The van der Waals surface area contributed by atoms with Crippen LogP contribution in [0.3, 0.4) is 0 Å². The van der Waals surface area contributed by atoms with Crippen LogP contribution in [0.4, 0.5) is 5.13 Å². The van der Waals surface area contributed by atoms with Gasteiger partial charge in [0, 0.05) is 30.5 Å². The number of thiazole rings is 1. The number of benzene rings is 1. The molecule has 0 aliphatic heterocycles. The highest BCUT2D eigenvalue weighted by Gasteiger charge is 2.14. The van der Waals surface area contributed by atoms with Crippen molar-refractivity contribution in [2.24, 2.45) is 0 Å². The lowest BCUT2D eigenvalue weighted by Crippen LogP contribution is -2.21. The Labute approximate surface area is 160 Å². The summed E-state index contributed by atoms with van der Waals surface area (Å²) in [6, 6.07) is 9.70. The quantitative estimate of drug-likeness (QED) is 0.608. The molecule has 0 radical (unpaired) electrons. The van der Waals surface area contributed by atoms with Crippen LogP contribution < -0.4 is 10.6 Å². The minimum absolute atomic E-state index is 0.00443. The van der Waals surface area contributed by atoms with E-state index in [1.807, 2.05) is 17.5 Å². The van der Waals surface area contributed by atoms with E-state index >= 15 is 0 Å². The first-order chi connectivity index (χ1) is 13.0. The molecule has 0 fully saturated rings. The lowest BCUT2D eigenvalue weighted by atomic mass is 10.1. The summed E-state index contributed by atoms with van der Waals surface area (Å²) in [5.41, 5.74) is 3.63. The molecule has 0 atom stereocenters. The number of nitrogens with one attached hydrogen (secondary N) is 2. The van der Waals surface area contributed by atoms with Gasteiger partial charge in [-0.15, -0.1) is 11.3 Å². The number of hydrogen-bond donors (Lipinski definition) is 2. The summed E-state index contributed by atoms with van der Waals surface area (Å²) in [5, 5.41) is 11.6. The third-order valence-electron chi connectivity index (χ3n) is 3.84. The van der Waals surface area contributed by atoms with E-state index in [9.17, 15) is 9.59 Å². The van der Waals surface area contributed by atoms with Crippen LogP contribution in [0.2, 0.25) is 0 Å². The average molecular weight is 384 g/mol. The normalized spacial score (nSPS) is 10.6. The van der Waals surface area contributed by atoms with Gasteiger partial charge in [-0.25, -0.2) is 4.98 Å². The maximum absolute atomic E-state index is 12.1. The van der Waals surface area contributed by atoms with Gasteiger partial charge in [-0.2, -0.15) is 0 Å². The summed E-state index contributed by atoms with van der Waals surface area (Å²) < 4.78 is 4.95. The molecule has 1 aromatic carbocycles. The predicted molar refractivity (Wildman–Crippen MR) is 104 cm³/mol. The van der Waals surface area contributed by atoms with Crippen LogP contribution in [0.15, 0.2) is 40.2 Å². The number of anilines is 1. The first-order valence-electron chi connectivity index (χ1n) is 8.55. The minimum Gasteiger partial charge on any atom is -0.356 e. The van der Waals surface area contributed by atoms with Crippen molar-refractivity contribution in [2.45, 2.75) is 26.7 Å². The second kappa shape index (κ2) is 8.59. The van der Waals surface area contributed by atoms with Crippen LogP contribution in [0.5, 0.6) is 0 Å². The Kier molecular flexibility index (Phi) is 5.97. The van der Waals surface area contributed by atoms with E-state index in [0.717, 1.165) is 24.1 Å². The molecule has 8 heteroatoms. The molecule has 0 saturated carbocycles. The van der Waals surface area contributed by atoms with Crippen molar-refractivity contribution < 1.29 is 14.1 Å². The summed E-state index contributed by atoms with van der Waals surface area (Å²) in [6.45, 7) is 3.95. The van der Waals surface area contributed by atoms with E-state index in [4.69, 9.17) is 4.52 Å². The Morgan fingerprint density at radius 2 is 2.00 bits per heavy atom. The first kappa shape index (κ1) is 18.8. The Morgan fingerprint density at radius 3 is 2.67 bits per heavy atom. The van der Waals surface area contributed by atoms with Crippen molar-refractivity contribution >= 4 is 28.3 Å². The molecule has 2 heterocycles. The molecule has 140 valence electrons. The van der Waals surface area contributed by atoms with E-state index in [2.05, 4.69) is 32.9 Å². The Bertz CT molecular complexity index is 931. The summed E-state index contributed by atoms with van der Waals surface area (Å²) >= 11 is 1.35. The van der Waals surface area contributed by atoms with Crippen molar-refractivity contribution in [3.63, 3.8) is 0 Å². The van der Waals surface area contributed by atoms with Gasteiger partial charge in [0.1, 0.15) is 0 Å². The fourth-order valence-electron chi connectivity index (χ4n) is 2.49. The van der Waals surface area contributed by atoms with Crippen LogP contribution in [-0.2, 0) is 11.2 Å². The molecule has 2 amide bonds. The molecular formula is C19H20N4O3S. The van der Waals surface area contributed by atoms with E-state index in [0.29, 0.717) is 17.4 Å².